The number of unbranched alkanes of at least 4 members (excludes halogenated alkanes) is 3. The van der Waals surface area contributed by atoms with Gasteiger partial charge in [-0.2, -0.15) is 0 Å². The van der Waals surface area contributed by atoms with Crippen molar-refractivity contribution < 1.29 is 19.2 Å². The predicted molar refractivity (Wildman–Crippen MR) is 213 cm³/mol. The van der Waals surface area contributed by atoms with Gasteiger partial charge in [0.05, 0.1) is 23.7 Å². The molecule has 10 nitrogen and oxygen atoms in total. The number of ketones is 2. The summed E-state index contributed by atoms with van der Waals surface area (Å²) in [6.07, 6.45) is 6.93. The Morgan fingerprint density at radius 1 is 1.04 bits per heavy atom. The number of amides is 2. The Hall–Kier alpha value is -4.26. The number of carbonyl (C=O) groups excluding carboxylic acids is 4. The molecule has 0 radical (unpaired) electrons. The van der Waals surface area contributed by atoms with Crippen LogP contribution in [0.5, 0.6) is 0 Å². The maximum atomic E-state index is 13.3. The summed E-state index contributed by atoms with van der Waals surface area (Å²) in [6.45, 7) is 11.1. The lowest BCUT2D eigenvalue weighted by atomic mass is 9.89. The van der Waals surface area contributed by atoms with Crippen molar-refractivity contribution in [3.8, 4) is 5.00 Å². The first-order valence-corrected chi connectivity index (χ1v) is 20.8. The Morgan fingerprint density at radius 2 is 1.81 bits per heavy atom. The molecule has 282 valence electrons. The highest BCUT2D eigenvalue weighted by molar-refractivity contribution is 7.15. The molecule has 54 heavy (non-hydrogen) atoms. The van der Waals surface area contributed by atoms with Crippen LogP contribution in [0.2, 0.25) is 5.02 Å². The molecule has 13 heteroatoms. The number of nitrogens with one attached hydrogen (secondary N) is 1. The van der Waals surface area contributed by atoms with E-state index in [0.717, 1.165) is 81.3 Å². The van der Waals surface area contributed by atoms with Gasteiger partial charge in [-0.1, -0.05) is 48.7 Å². The summed E-state index contributed by atoms with van der Waals surface area (Å²) in [5, 5.41) is 15.5. The Kier molecular flexibility index (Phi) is 11.4. The molecular formula is C41H45ClN6O4S2. The zero-order chi connectivity index (χ0) is 38.1. The van der Waals surface area contributed by atoms with Crippen LogP contribution in [0.25, 0.3) is 5.00 Å². The smallest absolute Gasteiger partial charge is 0.255 e. The fraction of sp³-hybridized carbons (Fsp3) is 0.439. The first-order chi connectivity index (χ1) is 26.0. The Morgan fingerprint density at radius 3 is 2.59 bits per heavy atom. The number of hydrogen-bond acceptors (Lipinski definition) is 9. The minimum Gasteiger partial charge on any atom is -0.356 e. The Labute approximate surface area is 328 Å². The van der Waals surface area contributed by atoms with Gasteiger partial charge < -0.3 is 10.2 Å². The minimum atomic E-state index is -0.515. The third kappa shape index (κ3) is 7.79. The number of nitrogens with zero attached hydrogens (tertiary/aromatic N) is 5. The van der Waals surface area contributed by atoms with Crippen molar-refractivity contribution in [3.05, 3.63) is 96.0 Å². The molecule has 2 aliphatic heterocycles. The molecule has 5 heterocycles. The second kappa shape index (κ2) is 16.2. The lowest BCUT2D eigenvalue weighted by Crippen LogP contribution is -2.43. The number of aliphatic imine (C=N–C) groups is 1. The fourth-order valence-corrected chi connectivity index (χ4v) is 10.1. The van der Waals surface area contributed by atoms with Gasteiger partial charge in [-0.15, -0.1) is 32.9 Å². The van der Waals surface area contributed by atoms with Crippen LogP contribution in [0.4, 0.5) is 0 Å². The van der Waals surface area contributed by atoms with Crippen LogP contribution < -0.4 is 5.32 Å². The second-order valence-electron chi connectivity index (χ2n) is 14.6. The molecule has 0 spiro atoms. The number of allylic oxidation sites excluding steroid dienone is 1. The standard InChI is InChI=1S/C41H45ClN6O4S2/c1-23-10-16-33(34(50)19-23)47-21-30-31(40(47)52)22-53-35(30)17-15-29(49)9-7-5-6-8-18-43-36(51)20-32-39-46-45-26(4)48(39)41-37(24(2)25(3)54-41)38(44-32)27-11-13-28(42)14-12-27/h11-14,22,32-33H,1,5-10,15-21H2,2-4H3,(H,43,51)/t32-,33?/m0/s1. The fourth-order valence-electron chi connectivity index (χ4n) is 7.70. The number of thiophene rings is 2. The molecule has 2 atom stereocenters. The van der Waals surface area contributed by atoms with Crippen LogP contribution in [-0.4, -0.2) is 61.3 Å². The maximum Gasteiger partial charge on any atom is 0.255 e. The lowest BCUT2D eigenvalue weighted by molar-refractivity contribution is -0.124. The van der Waals surface area contributed by atoms with Gasteiger partial charge in [0.15, 0.2) is 11.6 Å². The van der Waals surface area contributed by atoms with Gasteiger partial charge in [0.25, 0.3) is 5.91 Å². The highest BCUT2D eigenvalue weighted by Gasteiger charge is 2.39. The van der Waals surface area contributed by atoms with Crippen molar-refractivity contribution in [1.29, 1.82) is 0 Å². The van der Waals surface area contributed by atoms with Gasteiger partial charge in [0.2, 0.25) is 5.91 Å². The largest absolute Gasteiger partial charge is 0.356 e. The molecule has 0 saturated heterocycles. The van der Waals surface area contributed by atoms with Gasteiger partial charge in [-0.25, -0.2) is 0 Å². The summed E-state index contributed by atoms with van der Waals surface area (Å²) in [7, 11) is 0. The molecular weight excluding hydrogens is 740 g/mol. The highest BCUT2D eigenvalue weighted by atomic mass is 35.5. The molecule has 2 amide bonds. The molecule has 1 fully saturated rings. The van der Waals surface area contributed by atoms with Crippen LogP contribution in [0, 0.1) is 20.8 Å². The molecule has 3 aromatic heterocycles. The first-order valence-electron chi connectivity index (χ1n) is 18.7. The number of rotatable bonds is 14. The lowest BCUT2D eigenvalue weighted by Gasteiger charge is -2.30. The average Bonchev–Trinajstić information content (AvgIpc) is 3.87. The summed E-state index contributed by atoms with van der Waals surface area (Å²) in [6, 6.07) is 6.76. The summed E-state index contributed by atoms with van der Waals surface area (Å²) < 4.78 is 2.05. The summed E-state index contributed by atoms with van der Waals surface area (Å²) >= 11 is 9.45. The van der Waals surface area contributed by atoms with Crippen molar-refractivity contribution >= 4 is 63.4 Å². The zero-order valence-electron chi connectivity index (χ0n) is 31.0. The van der Waals surface area contributed by atoms with Gasteiger partial charge >= 0.3 is 0 Å². The minimum absolute atomic E-state index is 0.0658. The van der Waals surface area contributed by atoms with Crippen molar-refractivity contribution in [2.45, 2.75) is 110 Å². The van der Waals surface area contributed by atoms with Crippen LogP contribution in [-0.2, 0) is 27.3 Å². The molecule has 1 saturated carbocycles. The van der Waals surface area contributed by atoms with E-state index in [-0.39, 0.29) is 35.8 Å². The van der Waals surface area contributed by atoms with E-state index in [2.05, 4.69) is 35.9 Å². The van der Waals surface area contributed by atoms with E-state index in [9.17, 15) is 19.2 Å². The third-order valence-electron chi connectivity index (χ3n) is 10.8. The van der Waals surface area contributed by atoms with E-state index in [4.69, 9.17) is 16.6 Å². The average molecular weight is 785 g/mol. The van der Waals surface area contributed by atoms with Crippen molar-refractivity contribution in [1.82, 2.24) is 25.0 Å². The van der Waals surface area contributed by atoms with E-state index < -0.39 is 6.04 Å². The third-order valence-corrected chi connectivity index (χ3v) is 13.3. The van der Waals surface area contributed by atoms with Crippen LogP contribution >= 0.6 is 34.3 Å². The first kappa shape index (κ1) is 38.0. The van der Waals surface area contributed by atoms with Crippen molar-refractivity contribution in [2.24, 2.45) is 4.99 Å². The van der Waals surface area contributed by atoms with Crippen LogP contribution in [0.3, 0.4) is 0 Å². The van der Waals surface area contributed by atoms with Crippen molar-refractivity contribution in [2.75, 3.05) is 6.54 Å². The molecule has 3 aliphatic rings. The predicted octanol–water partition coefficient (Wildman–Crippen LogP) is 8.15. The van der Waals surface area contributed by atoms with Crippen LogP contribution in [0.1, 0.15) is 124 Å². The van der Waals surface area contributed by atoms with E-state index in [1.165, 1.54) is 4.88 Å². The number of benzene rings is 1. The van der Waals surface area contributed by atoms with E-state index in [1.54, 1.807) is 27.6 Å². The number of halogens is 1. The Bertz CT molecular complexity index is 2160. The molecule has 1 aromatic carbocycles. The number of Topliss-reactive ketones (excluding diaryl/α,β-unsaturated/α-hetero) is 2. The number of carbonyl (C=O) groups is 4. The van der Waals surface area contributed by atoms with Gasteiger partial charge in [-0.3, -0.25) is 28.7 Å². The molecule has 1 aliphatic carbocycles. The number of fused-ring (bicyclic) bond motifs is 4. The van der Waals surface area contributed by atoms with E-state index in [1.807, 2.05) is 41.1 Å². The van der Waals surface area contributed by atoms with Gasteiger partial charge in [0.1, 0.15) is 22.7 Å². The van der Waals surface area contributed by atoms with Gasteiger partial charge in [0, 0.05) is 63.6 Å². The number of hydrogen-bond donors (Lipinski definition) is 1. The molecule has 0 bridgehead atoms. The van der Waals surface area contributed by atoms with E-state index in [0.29, 0.717) is 61.6 Å². The Balaban J connectivity index is 0.862. The van der Waals surface area contributed by atoms with Crippen molar-refractivity contribution in [3.63, 3.8) is 0 Å². The van der Waals surface area contributed by atoms with Crippen LogP contribution in [0.15, 0.2) is 46.8 Å². The molecule has 7 rings (SSSR count). The van der Waals surface area contributed by atoms with Gasteiger partial charge in [-0.05, 0) is 76.1 Å². The number of aromatic nitrogens is 3. The zero-order valence-corrected chi connectivity index (χ0v) is 33.4. The molecule has 1 N–H and O–H groups in total. The highest BCUT2D eigenvalue weighted by Crippen LogP contribution is 2.40. The summed E-state index contributed by atoms with van der Waals surface area (Å²) in [4.78, 5) is 60.9. The monoisotopic (exact) mass is 784 g/mol. The molecule has 4 aromatic rings. The normalized spacial score (nSPS) is 18.0. The molecule has 1 unspecified atom stereocenters. The maximum absolute atomic E-state index is 13.3. The summed E-state index contributed by atoms with van der Waals surface area (Å²) in [5.41, 5.74) is 6.55. The SMILES string of the molecule is C=C1CCC(N2Cc3c(csc3CCC(=O)CCCCCCNC(=O)C[C@@H]3N=C(c4ccc(Cl)cc4)c4c(sc(C)c4C)-n4c(C)nnc43)C2=O)C(=O)C1. The topological polar surface area (TPSA) is 127 Å². The number of aryl methyl sites for hydroxylation is 3. The second-order valence-corrected chi connectivity index (χ2v) is 17.2. The summed E-state index contributed by atoms with van der Waals surface area (Å²) in [5.74, 6) is 1.54. The quantitative estimate of drug-likeness (QED) is 0.102. The van der Waals surface area contributed by atoms with E-state index >= 15 is 0 Å².